The third kappa shape index (κ3) is 5.78. The Labute approximate surface area is 189 Å². The third-order valence-corrected chi connectivity index (χ3v) is 5.82. The van der Waals surface area contributed by atoms with Gasteiger partial charge in [-0.2, -0.15) is 0 Å². The van der Waals surface area contributed by atoms with Crippen LogP contribution in [0.3, 0.4) is 0 Å². The molecule has 0 radical (unpaired) electrons. The number of nitrogens with one attached hydrogen (secondary N) is 2. The fourth-order valence-electron chi connectivity index (χ4n) is 4.32. The zero-order chi connectivity index (χ0) is 24.3. The van der Waals surface area contributed by atoms with Crippen LogP contribution in [0.1, 0.15) is 98.8 Å². The van der Waals surface area contributed by atoms with Gasteiger partial charge in [-0.05, 0) is 66.9 Å². The molecule has 1 aliphatic carbocycles. The van der Waals surface area contributed by atoms with Gasteiger partial charge in [0.1, 0.15) is 0 Å². The van der Waals surface area contributed by atoms with Crippen LogP contribution >= 0.6 is 0 Å². The van der Waals surface area contributed by atoms with Crippen LogP contribution in [0.4, 0.5) is 0 Å². The van der Waals surface area contributed by atoms with Gasteiger partial charge in [-0.15, -0.1) is 0 Å². The molecule has 0 saturated heterocycles. The second kappa shape index (κ2) is 9.88. The molecule has 1 fully saturated rings. The Morgan fingerprint density at radius 2 is 1.72 bits per heavy atom. The van der Waals surface area contributed by atoms with Crippen LogP contribution in [0.15, 0.2) is 0 Å². The molecule has 32 heavy (non-hydrogen) atoms. The summed E-state index contributed by atoms with van der Waals surface area (Å²) >= 11 is 0. The van der Waals surface area contributed by atoms with Crippen LogP contribution in [-0.4, -0.2) is 46.9 Å². The maximum atomic E-state index is 13.1. The number of rotatable bonds is 8. The molecule has 2 rings (SSSR count). The van der Waals surface area contributed by atoms with E-state index in [0.717, 1.165) is 12.8 Å². The van der Waals surface area contributed by atoms with Crippen molar-refractivity contribution in [3.05, 3.63) is 22.5 Å². The summed E-state index contributed by atoms with van der Waals surface area (Å²) in [5, 5.41) is 2.90. The zero-order valence-electron chi connectivity index (χ0n) is 20.3. The lowest BCUT2D eigenvalue weighted by molar-refractivity contribution is -0.160. The monoisotopic (exact) mass is 448 g/mol. The number of carbonyl (C=O) groups is 4. The highest BCUT2D eigenvalue weighted by molar-refractivity contribution is 6.04. The zero-order valence-corrected chi connectivity index (χ0v) is 20.3. The minimum atomic E-state index is -1.06. The van der Waals surface area contributed by atoms with Gasteiger partial charge in [-0.1, -0.05) is 12.8 Å². The number of hydrogen-bond acceptors (Lipinski definition) is 6. The second-order valence-electron chi connectivity index (χ2n) is 9.72. The van der Waals surface area contributed by atoms with Crippen molar-refractivity contribution in [2.24, 2.45) is 5.41 Å². The van der Waals surface area contributed by atoms with Crippen LogP contribution in [0.5, 0.6) is 0 Å². The van der Waals surface area contributed by atoms with Gasteiger partial charge in [0.2, 0.25) is 11.7 Å². The van der Waals surface area contributed by atoms with E-state index in [1.165, 1.54) is 6.92 Å². The van der Waals surface area contributed by atoms with Crippen molar-refractivity contribution >= 4 is 23.6 Å². The van der Waals surface area contributed by atoms with Crippen LogP contribution in [0.25, 0.3) is 0 Å². The maximum absolute atomic E-state index is 13.1. The van der Waals surface area contributed by atoms with Crippen molar-refractivity contribution in [1.82, 2.24) is 10.3 Å². The lowest BCUT2D eigenvalue weighted by atomic mass is 9.82. The highest BCUT2D eigenvalue weighted by Crippen LogP contribution is 2.42. The van der Waals surface area contributed by atoms with Gasteiger partial charge < -0.3 is 19.8 Å². The number of ketones is 1. The molecule has 1 aromatic heterocycles. The summed E-state index contributed by atoms with van der Waals surface area (Å²) in [5.41, 5.74) is 0.212. The number of ether oxygens (including phenoxy) is 2. The topological polar surface area (TPSA) is 115 Å². The molecule has 0 aliphatic heterocycles. The average Bonchev–Trinajstić information content (AvgIpc) is 3.24. The summed E-state index contributed by atoms with van der Waals surface area (Å²) in [6.07, 6.45) is 1.75. The molecule has 0 unspecified atom stereocenters. The first-order valence-electron chi connectivity index (χ1n) is 11.2. The van der Waals surface area contributed by atoms with Gasteiger partial charge in [0.25, 0.3) is 0 Å². The average molecular weight is 449 g/mol. The number of Topliss-reactive ketones (excluding diaryl/α,β-unsaturated/α-hetero) is 1. The lowest BCUT2D eigenvalue weighted by Crippen LogP contribution is -2.45. The third-order valence-electron chi connectivity index (χ3n) is 5.82. The Kier molecular flexibility index (Phi) is 7.91. The van der Waals surface area contributed by atoms with Gasteiger partial charge in [-0.25, -0.2) is 4.79 Å². The van der Waals surface area contributed by atoms with Gasteiger partial charge in [0, 0.05) is 17.7 Å². The van der Waals surface area contributed by atoms with Crippen LogP contribution in [0, 0.1) is 19.3 Å². The molecule has 1 aromatic rings. The molecule has 1 aliphatic rings. The SMILES string of the molecule is CCOC(=O)c1c(C)[nH]c(C(=O)[C@H](C)OC(=O)C2(CC(=O)NC(C)(C)C)CCCC2)c1C. The van der Waals surface area contributed by atoms with Crippen molar-refractivity contribution in [2.45, 2.75) is 92.2 Å². The molecule has 0 spiro atoms. The summed E-state index contributed by atoms with van der Waals surface area (Å²) in [5.74, 6) is -1.66. The smallest absolute Gasteiger partial charge is 0.340 e. The van der Waals surface area contributed by atoms with Gasteiger partial charge in [0.15, 0.2) is 6.10 Å². The molecule has 0 aromatic carbocycles. The van der Waals surface area contributed by atoms with Crippen molar-refractivity contribution in [3.8, 4) is 0 Å². The van der Waals surface area contributed by atoms with Crippen LogP contribution < -0.4 is 5.32 Å². The van der Waals surface area contributed by atoms with Gasteiger partial charge in [-0.3, -0.25) is 14.4 Å². The first kappa shape index (κ1) is 25.6. The molecule has 1 atom stereocenters. The van der Waals surface area contributed by atoms with Gasteiger partial charge in [0.05, 0.1) is 23.3 Å². The van der Waals surface area contributed by atoms with E-state index in [0.29, 0.717) is 29.7 Å². The summed E-state index contributed by atoms with van der Waals surface area (Å²) in [6.45, 7) is 12.5. The standard InChI is InChI=1S/C24H36N2O6/c1-8-31-21(29)18-14(2)19(25-15(18)3)20(28)16(4)32-22(30)24(11-9-10-12-24)13-17(27)26-23(5,6)7/h16,25H,8-13H2,1-7H3,(H,26,27)/t16-/m0/s1. The predicted octanol–water partition coefficient (Wildman–Crippen LogP) is 3.79. The van der Waals surface area contributed by atoms with Crippen LogP contribution in [-0.2, 0) is 19.1 Å². The summed E-state index contributed by atoms with van der Waals surface area (Å²) in [6, 6.07) is 0. The largest absolute Gasteiger partial charge is 0.462 e. The van der Waals surface area contributed by atoms with Crippen molar-refractivity contribution in [1.29, 1.82) is 0 Å². The minimum Gasteiger partial charge on any atom is -0.462 e. The van der Waals surface area contributed by atoms with E-state index >= 15 is 0 Å². The summed E-state index contributed by atoms with van der Waals surface area (Å²) in [7, 11) is 0. The Morgan fingerprint density at radius 3 is 2.25 bits per heavy atom. The Bertz CT molecular complexity index is 887. The quantitative estimate of drug-likeness (QED) is 0.462. The second-order valence-corrected chi connectivity index (χ2v) is 9.72. The Balaban J connectivity index is 2.16. The van der Waals surface area contributed by atoms with E-state index in [1.54, 1.807) is 20.8 Å². The summed E-state index contributed by atoms with van der Waals surface area (Å²) < 4.78 is 10.7. The number of aromatic nitrogens is 1. The van der Waals surface area contributed by atoms with Crippen molar-refractivity contribution in [3.63, 3.8) is 0 Å². The fraction of sp³-hybridized carbons (Fsp3) is 0.667. The predicted molar refractivity (Wildman–Crippen MR) is 120 cm³/mol. The van der Waals surface area contributed by atoms with E-state index in [2.05, 4.69) is 10.3 Å². The van der Waals surface area contributed by atoms with E-state index in [4.69, 9.17) is 9.47 Å². The molecule has 1 heterocycles. The van der Waals surface area contributed by atoms with E-state index < -0.39 is 34.8 Å². The number of hydrogen-bond donors (Lipinski definition) is 2. The van der Waals surface area contributed by atoms with Gasteiger partial charge >= 0.3 is 11.9 Å². The lowest BCUT2D eigenvalue weighted by Gasteiger charge is -2.29. The van der Waals surface area contributed by atoms with E-state index in [9.17, 15) is 19.2 Å². The molecule has 8 heteroatoms. The highest BCUT2D eigenvalue weighted by Gasteiger charge is 2.45. The number of amides is 1. The van der Waals surface area contributed by atoms with Crippen LogP contribution in [0.2, 0.25) is 0 Å². The van der Waals surface area contributed by atoms with Crippen molar-refractivity contribution < 1.29 is 28.7 Å². The molecule has 8 nitrogen and oxygen atoms in total. The first-order chi connectivity index (χ1) is 14.8. The highest BCUT2D eigenvalue weighted by atomic mass is 16.5. The number of esters is 2. The number of aryl methyl sites for hydroxylation is 1. The molecular weight excluding hydrogens is 412 g/mol. The Hall–Kier alpha value is -2.64. The number of carbonyl (C=O) groups excluding carboxylic acids is 4. The van der Waals surface area contributed by atoms with E-state index in [-0.39, 0.29) is 24.6 Å². The number of aromatic amines is 1. The fourth-order valence-corrected chi connectivity index (χ4v) is 4.32. The molecule has 0 bridgehead atoms. The molecule has 178 valence electrons. The maximum Gasteiger partial charge on any atom is 0.340 e. The summed E-state index contributed by atoms with van der Waals surface area (Å²) in [4.78, 5) is 53.8. The first-order valence-corrected chi connectivity index (χ1v) is 11.2. The Morgan fingerprint density at radius 1 is 1.12 bits per heavy atom. The minimum absolute atomic E-state index is 0.0393. The van der Waals surface area contributed by atoms with Crippen molar-refractivity contribution in [2.75, 3.05) is 6.61 Å². The normalized spacial score (nSPS) is 16.3. The molecule has 1 saturated carbocycles. The molecule has 2 N–H and O–H groups in total. The number of H-pyrrole nitrogens is 1. The molecular formula is C24H36N2O6. The van der Waals surface area contributed by atoms with E-state index in [1.807, 2.05) is 20.8 Å². The molecule has 1 amide bonds.